The first-order chi connectivity index (χ1) is 16.0. The summed E-state index contributed by atoms with van der Waals surface area (Å²) in [6.07, 6.45) is 6.30. The molecule has 0 spiro atoms. The molecule has 0 saturated heterocycles. The molecular formula is C26H25BrClN3O2. The Morgan fingerprint density at radius 2 is 1.85 bits per heavy atom. The highest BCUT2D eigenvalue weighted by atomic mass is 79.9. The van der Waals surface area contributed by atoms with E-state index in [1.165, 1.54) is 12.8 Å². The number of pyridine rings is 1. The Labute approximate surface area is 207 Å². The molecule has 2 aromatic carbocycles. The summed E-state index contributed by atoms with van der Waals surface area (Å²) in [6, 6.07) is 13.7. The molecule has 7 heteroatoms. The smallest absolute Gasteiger partial charge is 0.142 e. The fraction of sp³-hybridized carbons (Fsp3) is 0.308. The van der Waals surface area contributed by atoms with Crippen LogP contribution in [0.5, 0.6) is 11.5 Å². The Kier molecular flexibility index (Phi) is 7.42. The van der Waals surface area contributed by atoms with Crippen LogP contribution in [0.1, 0.15) is 48.1 Å². The molecule has 33 heavy (non-hydrogen) atoms. The minimum absolute atomic E-state index is 0.267. The molecular weight excluding hydrogens is 502 g/mol. The average molecular weight is 527 g/mol. The molecule has 0 aliphatic heterocycles. The number of hydrogen-bond acceptors (Lipinski definition) is 5. The van der Waals surface area contributed by atoms with Gasteiger partial charge in [-0.3, -0.25) is 0 Å². The Balaban J connectivity index is 1.77. The van der Waals surface area contributed by atoms with Crippen LogP contribution in [0.15, 0.2) is 40.9 Å². The largest absolute Gasteiger partial charge is 0.496 e. The second kappa shape index (κ2) is 10.5. The summed E-state index contributed by atoms with van der Waals surface area (Å²) in [4.78, 5) is 4.61. The third-order valence-electron chi connectivity index (χ3n) is 5.96. The van der Waals surface area contributed by atoms with Crippen LogP contribution >= 0.6 is 27.5 Å². The molecule has 2 N–H and O–H groups in total. The van der Waals surface area contributed by atoms with Gasteiger partial charge < -0.3 is 15.2 Å². The molecule has 0 unspecified atom stereocenters. The van der Waals surface area contributed by atoms with E-state index in [1.54, 1.807) is 13.2 Å². The lowest BCUT2D eigenvalue weighted by molar-refractivity contribution is 0.297. The first kappa shape index (κ1) is 23.4. The van der Waals surface area contributed by atoms with Crippen molar-refractivity contribution >= 4 is 33.3 Å². The summed E-state index contributed by atoms with van der Waals surface area (Å²) in [6.45, 7) is 0.267. The van der Waals surface area contributed by atoms with Crippen molar-refractivity contribution in [1.82, 2.24) is 4.98 Å². The van der Waals surface area contributed by atoms with Gasteiger partial charge in [0.25, 0.3) is 0 Å². The summed E-state index contributed by atoms with van der Waals surface area (Å²) in [7, 11) is 1.63. The number of nitrogens with two attached hydrogens (primary N) is 1. The van der Waals surface area contributed by atoms with Crippen molar-refractivity contribution in [3.63, 3.8) is 0 Å². The van der Waals surface area contributed by atoms with E-state index in [0.29, 0.717) is 27.9 Å². The Bertz CT molecular complexity index is 1220. The van der Waals surface area contributed by atoms with Gasteiger partial charge in [-0.15, -0.1) is 0 Å². The van der Waals surface area contributed by atoms with Crippen molar-refractivity contribution < 1.29 is 9.47 Å². The Morgan fingerprint density at radius 1 is 1.09 bits per heavy atom. The van der Waals surface area contributed by atoms with Crippen molar-refractivity contribution in [1.29, 1.82) is 5.26 Å². The highest BCUT2D eigenvalue weighted by molar-refractivity contribution is 9.10. The van der Waals surface area contributed by atoms with E-state index >= 15 is 0 Å². The van der Waals surface area contributed by atoms with Crippen molar-refractivity contribution in [3.05, 3.63) is 68.3 Å². The van der Waals surface area contributed by atoms with Gasteiger partial charge in [-0.25, -0.2) is 4.98 Å². The van der Waals surface area contributed by atoms with Crippen LogP contribution in [0.3, 0.4) is 0 Å². The summed E-state index contributed by atoms with van der Waals surface area (Å²) in [5.74, 6) is 1.58. The maximum absolute atomic E-state index is 9.93. The van der Waals surface area contributed by atoms with E-state index < -0.39 is 0 Å². The first-order valence-corrected chi connectivity index (χ1v) is 12.2. The van der Waals surface area contributed by atoms with E-state index in [-0.39, 0.29) is 6.61 Å². The third kappa shape index (κ3) is 5.10. The molecule has 0 radical (unpaired) electrons. The standard InChI is InChI=1S/C26H25BrClN3O2/c1-32-23-10-8-16(12-17(23)15-33-24-11-9-18(27)13-21(24)28)25-19-6-4-2-3-5-7-22(19)31-26(30)20(25)14-29/h8-13H,2-7,15H2,1H3,(H2,30,31). The van der Waals surface area contributed by atoms with E-state index in [1.807, 2.05) is 30.3 Å². The van der Waals surface area contributed by atoms with Gasteiger partial charge in [0.2, 0.25) is 0 Å². The van der Waals surface area contributed by atoms with Gasteiger partial charge in [-0.2, -0.15) is 5.26 Å². The van der Waals surface area contributed by atoms with E-state index in [2.05, 4.69) is 27.0 Å². The fourth-order valence-corrected chi connectivity index (χ4v) is 5.07. The van der Waals surface area contributed by atoms with Crippen LogP contribution in [0.2, 0.25) is 5.02 Å². The molecule has 0 atom stereocenters. The molecule has 5 nitrogen and oxygen atoms in total. The molecule has 1 aromatic heterocycles. The van der Waals surface area contributed by atoms with E-state index in [4.69, 9.17) is 26.8 Å². The molecule has 0 bridgehead atoms. The molecule has 1 aliphatic rings. The van der Waals surface area contributed by atoms with Gasteiger partial charge in [0.1, 0.15) is 35.6 Å². The summed E-state index contributed by atoms with van der Waals surface area (Å²) < 4.78 is 12.5. The van der Waals surface area contributed by atoms with Gasteiger partial charge >= 0.3 is 0 Å². The maximum Gasteiger partial charge on any atom is 0.142 e. The maximum atomic E-state index is 9.93. The lowest BCUT2D eigenvalue weighted by Gasteiger charge is -2.20. The Morgan fingerprint density at radius 3 is 2.58 bits per heavy atom. The topological polar surface area (TPSA) is 81.2 Å². The molecule has 0 amide bonds. The molecule has 3 aromatic rings. The van der Waals surface area contributed by atoms with Crippen LogP contribution in [0, 0.1) is 11.3 Å². The number of halogens is 2. The highest BCUT2D eigenvalue weighted by Crippen LogP contribution is 2.37. The van der Waals surface area contributed by atoms with Gasteiger partial charge in [0, 0.05) is 21.3 Å². The lowest BCUT2D eigenvalue weighted by Crippen LogP contribution is -2.10. The first-order valence-electron chi connectivity index (χ1n) is 11.0. The van der Waals surface area contributed by atoms with E-state index in [0.717, 1.165) is 58.1 Å². The van der Waals surface area contributed by atoms with Crippen LogP contribution in [-0.2, 0) is 19.4 Å². The van der Waals surface area contributed by atoms with Crippen molar-refractivity contribution in [2.75, 3.05) is 12.8 Å². The van der Waals surface area contributed by atoms with Gasteiger partial charge in [0.05, 0.1) is 12.1 Å². The Hall–Kier alpha value is -2.75. The number of aromatic nitrogens is 1. The summed E-state index contributed by atoms with van der Waals surface area (Å²) in [5, 5.41) is 10.4. The van der Waals surface area contributed by atoms with Crippen molar-refractivity contribution in [3.8, 4) is 28.7 Å². The normalized spacial score (nSPS) is 13.4. The molecule has 0 saturated carbocycles. The number of hydrogen-bond donors (Lipinski definition) is 1. The number of ether oxygens (including phenoxy) is 2. The quantitative estimate of drug-likeness (QED) is 0.392. The van der Waals surface area contributed by atoms with Gasteiger partial charge in [-0.1, -0.05) is 46.4 Å². The molecule has 170 valence electrons. The van der Waals surface area contributed by atoms with Crippen molar-refractivity contribution in [2.45, 2.75) is 45.1 Å². The number of nitrogens with zero attached hydrogens (tertiary/aromatic N) is 2. The highest BCUT2D eigenvalue weighted by Gasteiger charge is 2.21. The molecule has 4 rings (SSSR count). The minimum Gasteiger partial charge on any atom is -0.496 e. The summed E-state index contributed by atoms with van der Waals surface area (Å²) >= 11 is 9.73. The van der Waals surface area contributed by atoms with E-state index in [9.17, 15) is 5.26 Å². The zero-order valence-corrected chi connectivity index (χ0v) is 20.8. The number of rotatable bonds is 5. The lowest BCUT2D eigenvalue weighted by atomic mass is 9.87. The van der Waals surface area contributed by atoms with Crippen LogP contribution in [0.25, 0.3) is 11.1 Å². The molecule has 1 aliphatic carbocycles. The number of aryl methyl sites for hydroxylation is 1. The monoisotopic (exact) mass is 525 g/mol. The number of benzene rings is 2. The second-order valence-electron chi connectivity index (χ2n) is 8.09. The zero-order chi connectivity index (χ0) is 23.4. The van der Waals surface area contributed by atoms with Gasteiger partial charge in [-0.05, 0) is 67.1 Å². The fourth-order valence-electron chi connectivity index (χ4n) is 4.34. The second-order valence-corrected chi connectivity index (χ2v) is 9.41. The average Bonchev–Trinajstić information content (AvgIpc) is 2.79. The van der Waals surface area contributed by atoms with Crippen LogP contribution < -0.4 is 15.2 Å². The number of nitriles is 1. The third-order valence-corrected chi connectivity index (χ3v) is 6.75. The predicted molar refractivity (Wildman–Crippen MR) is 135 cm³/mol. The van der Waals surface area contributed by atoms with Crippen LogP contribution in [0.4, 0.5) is 5.82 Å². The SMILES string of the molecule is COc1ccc(-c2c(C#N)c(N)nc3c2CCCCCC3)cc1COc1ccc(Br)cc1Cl. The zero-order valence-electron chi connectivity index (χ0n) is 18.5. The van der Waals surface area contributed by atoms with Crippen LogP contribution in [-0.4, -0.2) is 12.1 Å². The number of nitrogen functional groups attached to an aromatic ring is 1. The summed E-state index contributed by atoms with van der Waals surface area (Å²) in [5.41, 5.74) is 11.5. The van der Waals surface area contributed by atoms with Gasteiger partial charge in [0.15, 0.2) is 0 Å². The number of methoxy groups -OCH3 is 1. The predicted octanol–water partition coefficient (Wildman–Crippen LogP) is 6.86. The number of anilines is 1. The molecule has 0 fully saturated rings. The molecule has 1 heterocycles. The minimum atomic E-state index is 0.267. The van der Waals surface area contributed by atoms with Crippen molar-refractivity contribution in [2.24, 2.45) is 0 Å². The number of fused-ring (bicyclic) bond motifs is 1.